The van der Waals surface area contributed by atoms with Crippen LogP contribution in [0.3, 0.4) is 0 Å². The second-order valence-electron chi connectivity index (χ2n) is 12.1. The van der Waals surface area contributed by atoms with E-state index >= 15 is 0 Å². The molecule has 0 N–H and O–H groups in total. The van der Waals surface area contributed by atoms with Gasteiger partial charge >= 0.3 is 0 Å². The predicted octanol–water partition coefficient (Wildman–Crippen LogP) is 12.7. The first kappa shape index (κ1) is 27.9. The van der Waals surface area contributed by atoms with Gasteiger partial charge < -0.3 is 9.47 Å². The molecule has 48 heavy (non-hydrogen) atoms. The van der Waals surface area contributed by atoms with Crippen molar-refractivity contribution >= 4 is 49.6 Å². The molecule has 0 bridgehead atoms. The molecule has 1 aromatic heterocycles. The molecule has 0 radical (unpaired) electrons. The Kier molecular flexibility index (Phi) is 6.84. The number of rotatable bonds is 6. The van der Waals surface area contributed by atoms with Gasteiger partial charge in [-0.15, -0.1) is 0 Å². The number of hydrogen-bond donors (Lipinski definition) is 0. The van der Waals surface area contributed by atoms with Gasteiger partial charge in [0.25, 0.3) is 0 Å². The van der Waals surface area contributed by atoms with Crippen molar-refractivity contribution in [3.05, 3.63) is 194 Å². The molecular formula is C46H32N2. The fourth-order valence-electron chi connectivity index (χ4n) is 7.31. The van der Waals surface area contributed by atoms with Crippen molar-refractivity contribution in [2.75, 3.05) is 4.90 Å². The lowest BCUT2D eigenvalue weighted by atomic mass is 9.97. The van der Waals surface area contributed by atoms with E-state index in [9.17, 15) is 0 Å². The first-order chi connectivity index (χ1) is 23.9. The van der Waals surface area contributed by atoms with Gasteiger partial charge in [-0.1, -0.05) is 152 Å². The van der Waals surface area contributed by atoms with Crippen molar-refractivity contribution in [2.24, 2.45) is 0 Å². The van der Waals surface area contributed by atoms with E-state index in [0.717, 1.165) is 22.7 Å². The summed E-state index contributed by atoms with van der Waals surface area (Å²) in [5.41, 5.74) is 11.7. The Hall–Kier alpha value is -6.38. The van der Waals surface area contributed by atoms with Gasteiger partial charge in [-0.25, -0.2) is 0 Å². The zero-order valence-corrected chi connectivity index (χ0v) is 26.4. The second-order valence-corrected chi connectivity index (χ2v) is 12.1. The smallest absolute Gasteiger partial charge is 0.0562 e. The van der Waals surface area contributed by atoms with Crippen molar-refractivity contribution < 1.29 is 0 Å². The topological polar surface area (TPSA) is 8.17 Å². The quantitative estimate of drug-likeness (QED) is 0.181. The van der Waals surface area contributed by atoms with Crippen molar-refractivity contribution in [3.8, 4) is 27.9 Å². The summed E-state index contributed by atoms with van der Waals surface area (Å²) in [5, 5.41) is 4.86. The van der Waals surface area contributed by atoms with Crippen LogP contribution in [0, 0.1) is 0 Å². The maximum atomic E-state index is 2.49. The van der Waals surface area contributed by atoms with Crippen LogP contribution in [-0.4, -0.2) is 4.57 Å². The van der Waals surface area contributed by atoms with Gasteiger partial charge in [0.2, 0.25) is 0 Å². The van der Waals surface area contributed by atoms with Gasteiger partial charge in [0.05, 0.1) is 28.1 Å². The molecule has 9 aromatic rings. The van der Waals surface area contributed by atoms with Crippen molar-refractivity contribution in [1.29, 1.82) is 0 Å². The molecule has 2 nitrogen and oxygen atoms in total. The standard InChI is InChI=1S/C46H32N2/c1-4-17-33(18-5-1)37-26-12-13-28-40(37)48(41-29-14-22-34-21-10-11-25-38(34)41)44-32-16-31-43-46(44)45-39(35-19-6-2-7-20-35)27-15-30-42(45)47(43)36-23-8-3-9-24-36/h1-32H. The van der Waals surface area contributed by atoms with Gasteiger partial charge in [-0.05, 0) is 64.5 Å². The normalized spacial score (nSPS) is 11.3. The van der Waals surface area contributed by atoms with E-state index < -0.39 is 0 Å². The number of nitrogens with zero attached hydrogens (tertiary/aromatic N) is 2. The number of hydrogen-bond acceptors (Lipinski definition) is 1. The van der Waals surface area contributed by atoms with Crippen LogP contribution in [-0.2, 0) is 0 Å². The number of fused-ring (bicyclic) bond motifs is 4. The summed E-state index contributed by atoms with van der Waals surface area (Å²) >= 11 is 0. The summed E-state index contributed by atoms with van der Waals surface area (Å²) in [4.78, 5) is 2.49. The van der Waals surface area contributed by atoms with Crippen molar-refractivity contribution in [3.63, 3.8) is 0 Å². The summed E-state index contributed by atoms with van der Waals surface area (Å²) in [6, 6.07) is 69.9. The molecule has 1 heterocycles. The van der Waals surface area contributed by atoms with E-state index in [1.165, 1.54) is 54.8 Å². The molecule has 0 aliphatic rings. The first-order valence-electron chi connectivity index (χ1n) is 16.5. The Morgan fingerprint density at radius 2 is 0.833 bits per heavy atom. The zero-order chi connectivity index (χ0) is 31.9. The third kappa shape index (κ3) is 4.58. The van der Waals surface area contributed by atoms with E-state index in [2.05, 4.69) is 204 Å². The molecule has 9 rings (SSSR count). The Bertz CT molecular complexity index is 2540. The molecule has 0 aliphatic carbocycles. The van der Waals surface area contributed by atoms with Crippen LogP contribution < -0.4 is 4.90 Å². The van der Waals surface area contributed by atoms with E-state index in [1.807, 2.05) is 0 Å². The molecule has 0 atom stereocenters. The summed E-state index contributed by atoms with van der Waals surface area (Å²) in [7, 11) is 0. The van der Waals surface area contributed by atoms with E-state index in [4.69, 9.17) is 0 Å². The van der Waals surface area contributed by atoms with E-state index in [1.54, 1.807) is 0 Å². The Morgan fingerprint density at radius 1 is 0.333 bits per heavy atom. The SMILES string of the molecule is c1ccc(-c2ccccc2N(c2cccc3ccccc23)c2cccc3c2c2c(-c4ccccc4)cccc2n3-c2ccccc2)cc1. The van der Waals surface area contributed by atoms with Crippen LogP contribution in [0.25, 0.3) is 60.5 Å². The molecule has 2 heteroatoms. The average Bonchev–Trinajstić information content (AvgIpc) is 3.52. The average molecular weight is 613 g/mol. The Morgan fingerprint density at radius 3 is 1.60 bits per heavy atom. The lowest BCUT2D eigenvalue weighted by molar-refractivity contribution is 1.18. The summed E-state index contributed by atoms with van der Waals surface area (Å²) < 4.78 is 2.42. The second kappa shape index (κ2) is 11.8. The third-order valence-electron chi connectivity index (χ3n) is 9.37. The Labute approximate surface area is 280 Å². The predicted molar refractivity (Wildman–Crippen MR) is 204 cm³/mol. The molecule has 0 saturated carbocycles. The monoisotopic (exact) mass is 612 g/mol. The maximum absolute atomic E-state index is 2.49. The van der Waals surface area contributed by atoms with Gasteiger partial charge in [0.15, 0.2) is 0 Å². The highest BCUT2D eigenvalue weighted by Crippen LogP contribution is 2.49. The lowest BCUT2D eigenvalue weighted by Gasteiger charge is -2.30. The minimum absolute atomic E-state index is 1.13. The van der Waals surface area contributed by atoms with Crippen LogP contribution in [0.4, 0.5) is 17.1 Å². The molecule has 0 aliphatic heterocycles. The molecule has 0 saturated heterocycles. The van der Waals surface area contributed by atoms with Crippen molar-refractivity contribution in [2.45, 2.75) is 0 Å². The van der Waals surface area contributed by atoms with Crippen molar-refractivity contribution in [1.82, 2.24) is 4.57 Å². The number of anilines is 3. The largest absolute Gasteiger partial charge is 0.309 e. The molecule has 0 amide bonds. The molecule has 0 unspecified atom stereocenters. The molecule has 8 aromatic carbocycles. The minimum atomic E-state index is 1.13. The number of benzene rings is 8. The van der Waals surface area contributed by atoms with Crippen LogP contribution in [0.5, 0.6) is 0 Å². The minimum Gasteiger partial charge on any atom is -0.309 e. The van der Waals surface area contributed by atoms with E-state index in [0.29, 0.717) is 0 Å². The molecule has 0 spiro atoms. The summed E-state index contributed by atoms with van der Waals surface area (Å²) in [6.07, 6.45) is 0. The highest BCUT2D eigenvalue weighted by molar-refractivity contribution is 6.22. The molecule has 0 fully saturated rings. The molecule has 226 valence electrons. The van der Waals surface area contributed by atoms with Crippen LogP contribution in [0.1, 0.15) is 0 Å². The van der Waals surface area contributed by atoms with Gasteiger partial charge in [0.1, 0.15) is 0 Å². The maximum Gasteiger partial charge on any atom is 0.0562 e. The number of aromatic nitrogens is 1. The Balaban J connectivity index is 1.46. The number of para-hydroxylation sites is 2. The third-order valence-corrected chi connectivity index (χ3v) is 9.37. The highest BCUT2D eigenvalue weighted by atomic mass is 15.2. The van der Waals surface area contributed by atoms with Gasteiger partial charge in [0, 0.05) is 27.4 Å². The highest BCUT2D eigenvalue weighted by Gasteiger charge is 2.25. The lowest BCUT2D eigenvalue weighted by Crippen LogP contribution is -2.12. The molecular weight excluding hydrogens is 581 g/mol. The fourth-order valence-corrected chi connectivity index (χ4v) is 7.31. The van der Waals surface area contributed by atoms with Crippen LogP contribution in [0.15, 0.2) is 194 Å². The summed E-state index contributed by atoms with van der Waals surface area (Å²) in [6.45, 7) is 0. The summed E-state index contributed by atoms with van der Waals surface area (Å²) in [5.74, 6) is 0. The zero-order valence-electron chi connectivity index (χ0n) is 26.4. The van der Waals surface area contributed by atoms with E-state index in [-0.39, 0.29) is 0 Å². The first-order valence-corrected chi connectivity index (χ1v) is 16.5. The van der Waals surface area contributed by atoms with Crippen LogP contribution >= 0.6 is 0 Å². The fraction of sp³-hybridized carbons (Fsp3) is 0. The van der Waals surface area contributed by atoms with Gasteiger partial charge in [-0.3, -0.25) is 0 Å². The van der Waals surface area contributed by atoms with Gasteiger partial charge in [-0.2, -0.15) is 0 Å². The van der Waals surface area contributed by atoms with Crippen LogP contribution in [0.2, 0.25) is 0 Å².